The van der Waals surface area contributed by atoms with Crippen LogP contribution in [0.15, 0.2) is 48.5 Å². The molecule has 2 aromatic carbocycles. The molecule has 3 rings (SSSR count). The third kappa shape index (κ3) is 4.20. The van der Waals surface area contributed by atoms with Crippen molar-refractivity contribution >= 4 is 23.1 Å². The van der Waals surface area contributed by atoms with Gasteiger partial charge in [-0.2, -0.15) is 0 Å². The van der Waals surface area contributed by atoms with Gasteiger partial charge in [0.1, 0.15) is 21.5 Å². The van der Waals surface area contributed by atoms with Crippen LogP contribution in [0.2, 0.25) is 0 Å². The number of thiazole rings is 1. The highest BCUT2D eigenvalue weighted by Crippen LogP contribution is 2.29. The Labute approximate surface area is 159 Å². The first-order valence-electron chi connectivity index (χ1n) is 8.06. The number of esters is 1. The molecule has 0 saturated carbocycles. The van der Waals surface area contributed by atoms with E-state index in [1.807, 2.05) is 12.1 Å². The van der Waals surface area contributed by atoms with Gasteiger partial charge in [-0.15, -0.1) is 11.3 Å². The first-order valence-corrected chi connectivity index (χ1v) is 8.88. The first kappa shape index (κ1) is 18.7. The number of hydrogen-bond donors (Lipinski definition) is 0. The van der Waals surface area contributed by atoms with Crippen molar-refractivity contribution in [3.63, 3.8) is 0 Å². The topological polar surface area (TPSA) is 65.5 Å². The number of carbonyl (C=O) groups excluding carboxylic acids is 2. The maximum Gasteiger partial charge on any atom is 0.350 e. The fourth-order valence-corrected chi connectivity index (χ4v) is 3.37. The number of benzene rings is 2. The van der Waals surface area contributed by atoms with Gasteiger partial charge in [-0.05, 0) is 43.3 Å². The van der Waals surface area contributed by atoms with Crippen molar-refractivity contribution in [1.29, 1.82) is 0 Å². The molecule has 0 spiro atoms. The average molecular weight is 385 g/mol. The smallest absolute Gasteiger partial charge is 0.350 e. The molecule has 7 heteroatoms. The summed E-state index contributed by atoms with van der Waals surface area (Å²) in [4.78, 5) is 29.0. The highest BCUT2D eigenvalue weighted by atomic mass is 32.1. The van der Waals surface area contributed by atoms with E-state index in [0.29, 0.717) is 15.6 Å². The molecule has 0 fully saturated rings. The molecule has 0 aliphatic carbocycles. The third-order valence-electron chi connectivity index (χ3n) is 3.83. The minimum Gasteiger partial charge on any atom is -0.497 e. The third-order valence-corrected chi connectivity index (χ3v) is 5.01. The molecule has 0 unspecified atom stereocenters. The molecule has 1 heterocycles. The Morgan fingerprint density at radius 2 is 1.81 bits per heavy atom. The van der Waals surface area contributed by atoms with Gasteiger partial charge in [0.2, 0.25) is 5.78 Å². The number of Topliss-reactive ketones (excluding diaryl/α,β-unsaturated/α-hetero) is 1. The Morgan fingerprint density at radius 1 is 1.11 bits per heavy atom. The van der Waals surface area contributed by atoms with E-state index in [2.05, 4.69) is 4.98 Å². The number of aromatic nitrogens is 1. The van der Waals surface area contributed by atoms with Crippen LogP contribution in [0.1, 0.15) is 25.7 Å². The molecule has 0 bridgehead atoms. The molecule has 0 aliphatic heterocycles. The fraction of sp³-hybridized carbons (Fsp3) is 0.150. The van der Waals surface area contributed by atoms with Gasteiger partial charge in [-0.25, -0.2) is 14.2 Å². The van der Waals surface area contributed by atoms with Crippen molar-refractivity contribution in [3.8, 4) is 16.3 Å². The molecule has 27 heavy (non-hydrogen) atoms. The fourth-order valence-electron chi connectivity index (χ4n) is 2.40. The average Bonchev–Trinajstić information content (AvgIpc) is 3.08. The molecule has 0 amide bonds. The van der Waals surface area contributed by atoms with Gasteiger partial charge < -0.3 is 9.47 Å². The number of aryl methyl sites for hydroxylation is 1. The molecule has 0 aliphatic rings. The SMILES string of the molecule is COc1ccc(-c2nc(C)c(C(=O)OCC(=O)c3ccccc3F)s2)cc1. The molecule has 0 saturated heterocycles. The van der Waals surface area contributed by atoms with E-state index in [-0.39, 0.29) is 5.56 Å². The van der Waals surface area contributed by atoms with Crippen molar-refractivity contribution in [2.75, 3.05) is 13.7 Å². The standard InChI is InChI=1S/C20H16FNO4S/c1-12-18(27-19(22-12)13-7-9-14(25-2)10-8-13)20(24)26-11-17(23)15-5-3-4-6-16(15)21/h3-10H,11H2,1-2H3. The largest absolute Gasteiger partial charge is 0.497 e. The summed E-state index contributed by atoms with van der Waals surface area (Å²) in [5.74, 6) is -1.18. The predicted molar refractivity (Wildman–Crippen MR) is 99.9 cm³/mol. The summed E-state index contributed by atoms with van der Waals surface area (Å²) in [6.07, 6.45) is 0. The summed E-state index contributed by atoms with van der Waals surface area (Å²) in [6.45, 7) is 1.16. The van der Waals surface area contributed by atoms with Gasteiger partial charge in [0.15, 0.2) is 6.61 Å². The number of rotatable bonds is 6. The normalized spacial score (nSPS) is 10.5. The van der Waals surface area contributed by atoms with Crippen LogP contribution in [-0.4, -0.2) is 30.5 Å². The van der Waals surface area contributed by atoms with E-state index in [1.54, 1.807) is 32.2 Å². The van der Waals surface area contributed by atoms with E-state index in [1.165, 1.54) is 29.5 Å². The van der Waals surface area contributed by atoms with Gasteiger partial charge >= 0.3 is 5.97 Å². The van der Waals surface area contributed by atoms with Crippen molar-refractivity contribution in [2.45, 2.75) is 6.92 Å². The highest BCUT2D eigenvalue weighted by Gasteiger charge is 2.20. The molecule has 1 aromatic heterocycles. The molecule has 0 atom stereocenters. The van der Waals surface area contributed by atoms with Crippen molar-refractivity contribution in [3.05, 3.63) is 70.5 Å². The van der Waals surface area contributed by atoms with E-state index in [9.17, 15) is 14.0 Å². The van der Waals surface area contributed by atoms with E-state index >= 15 is 0 Å². The van der Waals surface area contributed by atoms with Crippen LogP contribution in [0, 0.1) is 12.7 Å². The number of nitrogens with zero attached hydrogens (tertiary/aromatic N) is 1. The van der Waals surface area contributed by atoms with Crippen LogP contribution in [0.5, 0.6) is 5.75 Å². The van der Waals surface area contributed by atoms with Gasteiger partial charge in [0.25, 0.3) is 0 Å². The minimum atomic E-state index is -0.658. The predicted octanol–water partition coefficient (Wildman–Crippen LogP) is 4.31. The lowest BCUT2D eigenvalue weighted by molar-refractivity contribution is 0.0477. The lowest BCUT2D eigenvalue weighted by Crippen LogP contribution is -2.15. The minimum absolute atomic E-state index is 0.106. The van der Waals surface area contributed by atoms with E-state index in [4.69, 9.17) is 9.47 Å². The monoisotopic (exact) mass is 385 g/mol. The zero-order valence-corrected chi connectivity index (χ0v) is 15.5. The highest BCUT2D eigenvalue weighted by molar-refractivity contribution is 7.17. The number of ketones is 1. The lowest BCUT2D eigenvalue weighted by Gasteiger charge is -2.04. The van der Waals surface area contributed by atoms with Crippen LogP contribution in [0.3, 0.4) is 0 Å². The summed E-state index contributed by atoms with van der Waals surface area (Å²) in [5, 5.41) is 0.655. The van der Waals surface area contributed by atoms with E-state index < -0.39 is 24.2 Å². The van der Waals surface area contributed by atoms with E-state index in [0.717, 1.165) is 11.3 Å². The lowest BCUT2D eigenvalue weighted by atomic mass is 10.1. The van der Waals surface area contributed by atoms with Crippen LogP contribution in [-0.2, 0) is 4.74 Å². The zero-order valence-electron chi connectivity index (χ0n) is 14.7. The number of hydrogen-bond acceptors (Lipinski definition) is 6. The first-order chi connectivity index (χ1) is 13.0. The van der Waals surface area contributed by atoms with Crippen LogP contribution in [0.4, 0.5) is 4.39 Å². The summed E-state index contributed by atoms with van der Waals surface area (Å²) in [5.41, 5.74) is 1.24. The Hall–Kier alpha value is -3.06. The molecule has 0 N–H and O–H groups in total. The molecule has 0 radical (unpaired) electrons. The van der Waals surface area contributed by atoms with Crippen molar-refractivity contribution in [2.24, 2.45) is 0 Å². The van der Waals surface area contributed by atoms with Gasteiger partial charge in [-0.1, -0.05) is 12.1 Å². The van der Waals surface area contributed by atoms with Crippen LogP contribution in [0.25, 0.3) is 10.6 Å². The molecule has 3 aromatic rings. The van der Waals surface area contributed by atoms with Crippen molar-refractivity contribution in [1.82, 2.24) is 4.98 Å². The quantitative estimate of drug-likeness (QED) is 0.467. The van der Waals surface area contributed by atoms with Gasteiger partial charge in [-0.3, -0.25) is 4.79 Å². The summed E-state index contributed by atoms with van der Waals surface area (Å²) in [6, 6.07) is 12.9. The van der Waals surface area contributed by atoms with Gasteiger partial charge in [0.05, 0.1) is 18.4 Å². The molecular formula is C20H16FNO4S. The summed E-state index contributed by atoms with van der Waals surface area (Å²) < 4.78 is 23.8. The van der Waals surface area contributed by atoms with Crippen molar-refractivity contribution < 1.29 is 23.5 Å². The maximum atomic E-state index is 13.6. The van der Waals surface area contributed by atoms with Crippen LogP contribution < -0.4 is 4.74 Å². The zero-order chi connectivity index (χ0) is 19.4. The number of ether oxygens (including phenoxy) is 2. The number of halogens is 1. The molecular weight excluding hydrogens is 369 g/mol. The Bertz CT molecular complexity index is 982. The maximum absolute atomic E-state index is 13.6. The van der Waals surface area contributed by atoms with Gasteiger partial charge in [0, 0.05) is 5.56 Å². The number of methoxy groups -OCH3 is 1. The van der Waals surface area contributed by atoms with Crippen LogP contribution >= 0.6 is 11.3 Å². The second kappa shape index (κ2) is 8.09. The Morgan fingerprint density at radius 3 is 2.48 bits per heavy atom. The Balaban J connectivity index is 1.71. The number of carbonyl (C=O) groups is 2. The second-order valence-corrected chi connectivity index (χ2v) is 6.64. The summed E-state index contributed by atoms with van der Waals surface area (Å²) >= 11 is 1.17. The molecule has 5 nitrogen and oxygen atoms in total. The molecule has 138 valence electrons. The summed E-state index contributed by atoms with van der Waals surface area (Å²) in [7, 11) is 1.58. The second-order valence-electron chi connectivity index (χ2n) is 5.64. The Kier molecular flexibility index (Phi) is 5.61.